The molecular weight excluding hydrogens is 225 g/mol. The number of aromatic nitrogens is 3. The number of halogens is 1. The second-order valence-corrected chi connectivity index (χ2v) is 3.48. The van der Waals surface area contributed by atoms with Gasteiger partial charge in [-0.15, -0.1) is 0 Å². The van der Waals surface area contributed by atoms with Crippen molar-refractivity contribution in [1.82, 2.24) is 15.4 Å². The first-order valence-electron chi connectivity index (χ1n) is 4.83. The van der Waals surface area contributed by atoms with Crippen molar-refractivity contribution in [3.8, 4) is 0 Å². The van der Waals surface area contributed by atoms with E-state index in [4.69, 9.17) is 4.42 Å². The van der Waals surface area contributed by atoms with Crippen LogP contribution < -0.4 is 0 Å². The molecule has 0 spiro atoms. The molecule has 0 saturated carbocycles. The Morgan fingerprint density at radius 2 is 2.24 bits per heavy atom. The van der Waals surface area contributed by atoms with Gasteiger partial charge in [-0.1, -0.05) is 0 Å². The molecule has 3 aromatic rings. The smallest absolute Gasteiger partial charge is 0.250 e. The predicted octanol–water partition coefficient (Wildman–Crippen LogP) is 1.92. The number of hydrogen-bond acceptors (Lipinski definition) is 4. The highest BCUT2D eigenvalue weighted by atomic mass is 19.1. The summed E-state index contributed by atoms with van der Waals surface area (Å²) in [6, 6.07) is 5.54. The van der Waals surface area contributed by atoms with E-state index in [0.717, 1.165) is 0 Å². The van der Waals surface area contributed by atoms with Crippen LogP contribution in [0.5, 0.6) is 0 Å². The van der Waals surface area contributed by atoms with Gasteiger partial charge in [-0.2, -0.15) is 15.4 Å². The quantitative estimate of drug-likeness (QED) is 0.684. The molecule has 0 aliphatic carbocycles. The van der Waals surface area contributed by atoms with Crippen molar-refractivity contribution >= 4 is 16.8 Å². The molecule has 2 heterocycles. The van der Waals surface area contributed by atoms with Gasteiger partial charge in [0.05, 0.1) is 6.20 Å². The molecule has 5 nitrogen and oxygen atoms in total. The average Bonchev–Trinajstić information content (AvgIpc) is 2.96. The number of H-pyrrole nitrogens is 1. The SMILES string of the molecule is O=C(c1cn[nH]n1)c1cc2cc(F)ccc2o1. The topological polar surface area (TPSA) is 71.8 Å². The van der Waals surface area contributed by atoms with Gasteiger partial charge in [0.1, 0.15) is 11.4 Å². The van der Waals surface area contributed by atoms with E-state index in [-0.39, 0.29) is 17.3 Å². The number of carbonyl (C=O) groups is 1. The normalized spacial score (nSPS) is 10.9. The average molecular weight is 231 g/mol. The molecule has 0 fully saturated rings. The maximum Gasteiger partial charge on any atom is 0.250 e. The maximum atomic E-state index is 13.0. The van der Waals surface area contributed by atoms with E-state index in [1.54, 1.807) is 0 Å². The summed E-state index contributed by atoms with van der Waals surface area (Å²) in [6.45, 7) is 0. The van der Waals surface area contributed by atoms with Crippen molar-refractivity contribution in [2.75, 3.05) is 0 Å². The zero-order chi connectivity index (χ0) is 11.8. The minimum Gasteiger partial charge on any atom is -0.453 e. The van der Waals surface area contributed by atoms with Gasteiger partial charge in [-0.05, 0) is 24.3 Å². The predicted molar refractivity (Wildman–Crippen MR) is 56.0 cm³/mol. The third-order valence-electron chi connectivity index (χ3n) is 2.35. The number of furan rings is 1. The van der Waals surface area contributed by atoms with Gasteiger partial charge in [0.2, 0.25) is 5.78 Å². The summed E-state index contributed by atoms with van der Waals surface area (Å²) in [5.74, 6) is -0.659. The first-order valence-corrected chi connectivity index (χ1v) is 4.83. The minimum absolute atomic E-state index is 0.111. The highest BCUT2D eigenvalue weighted by Gasteiger charge is 2.16. The highest BCUT2D eigenvalue weighted by molar-refractivity contribution is 6.07. The second-order valence-electron chi connectivity index (χ2n) is 3.48. The molecule has 17 heavy (non-hydrogen) atoms. The van der Waals surface area contributed by atoms with Gasteiger partial charge in [0, 0.05) is 5.39 Å². The number of ketones is 1. The molecule has 0 amide bonds. The lowest BCUT2D eigenvalue weighted by molar-refractivity contribution is 0.101. The molecule has 0 aliphatic rings. The lowest BCUT2D eigenvalue weighted by Gasteiger charge is -1.88. The van der Waals surface area contributed by atoms with E-state index >= 15 is 0 Å². The molecule has 84 valence electrons. The Labute approximate surface area is 94.2 Å². The number of aromatic amines is 1. The Bertz CT molecular complexity index is 688. The lowest BCUT2D eigenvalue weighted by Crippen LogP contribution is -1.99. The van der Waals surface area contributed by atoms with Gasteiger partial charge in [0.15, 0.2) is 11.5 Å². The van der Waals surface area contributed by atoms with E-state index in [1.807, 2.05) is 0 Å². The maximum absolute atomic E-state index is 13.0. The van der Waals surface area contributed by atoms with Crippen molar-refractivity contribution in [1.29, 1.82) is 0 Å². The second kappa shape index (κ2) is 3.51. The fourth-order valence-electron chi connectivity index (χ4n) is 1.56. The van der Waals surface area contributed by atoms with Crippen molar-refractivity contribution in [3.05, 3.63) is 47.7 Å². The van der Waals surface area contributed by atoms with Crippen LogP contribution in [-0.4, -0.2) is 21.2 Å². The van der Waals surface area contributed by atoms with Crippen LogP contribution in [0, 0.1) is 5.82 Å². The molecule has 2 aromatic heterocycles. The van der Waals surface area contributed by atoms with Gasteiger partial charge in [-0.3, -0.25) is 4.79 Å². The molecule has 1 aromatic carbocycles. The Morgan fingerprint density at radius 3 is 3.00 bits per heavy atom. The van der Waals surface area contributed by atoms with Crippen LogP contribution in [0.1, 0.15) is 16.2 Å². The van der Waals surface area contributed by atoms with Gasteiger partial charge in [-0.25, -0.2) is 4.39 Å². The molecule has 0 aliphatic heterocycles. The zero-order valence-electron chi connectivity index (χ0n) is 8.48. The fourth-order valence-corrected chi connectivity index (χ4v) is 1.56. The van der Waals surface area contributed by atoms with E-state index in [2.05, 4.69) is 15.4 Å². The number of nitrogens with zero attached hydrogens (tertiary/aromatic N) is 2. The third kappa shape index (κ3) is 1.59. The molecule has 0 bridgehead atoms. The molecule has 6 heteroatoms. The number of carbonyl (C=O) groups excluding carboxylic acids is 1. The number of rotatable bonds is 2. The fraction of sp³-hybridized carbons (Fsp3) is 0. The van der Waals surface area contributed by atoms with E-state index < -0.39 is 5.78 Å². The summed E-state index contributed by atoms with van der Waals surface area (Å²) in [6.07, 6.45) is 1.30. The van der Waals surface area contributed by atoms with Crippen molar-refractivity contribution < 1.29 is 13.6 Å². The first-order chi connectivity index (χ1) is 8.24. The Kier molecular flexibility index (Phi) is 2.01. The summed E-state index contributed by atoms with van der Waals surface area (Å²) in [4.78, 5) is 11.9. The summed E-state index contributed by atoms with van der Waals surface area (Å²) >= 11 is 0. The van der Waals surface area contributed by atoms with Crippen LogP contribution in [0.25, 0.3) is 11.0 Å². The Morgan fingerprint density at radius 1 is 1.35 bits per heavy atom. The molecule has 3 rings (SSSR count). The third-order valence-corrected chi connectivity index (χ3v) is 2.35. The highest BCUT2D eigenvalue weighted by Crippen LogP contribution is 2.21. The summed E-state index contributed by atoms with van der Waals surface area (Å²) in [5, 5.41) is 10.1. The monoisotopic (exact) mass is 231 g/mol. The summed E-state index contributed by atoms with van der Waals surface area (Å²) < 4.78 is 18.3. The number of fused-ring (bicyclic) bond motifs is 1. The van der Waals surface area contributed by atoms with Crippen LogP contribution in [0.4, 0.5) is 4.39 Å². The molecule has 0 atom stereocenters. The van der Waals surface area contributed by atoms with Crippen LogP contribution >= 0.6 is 0 Å². The minimum atomic E-state index is -0.393. The van der Waals surface area contributed by atoms with E-state index in [0.29, 0.717) is 11.0 Å². The Balaban J connectivity index is 2.09. The number of hydrogen-bond donors (Lipinski definition) is 1. The van der Waals surface area contributed by atoms with Crippen LogP contribution in [0.3, 0.4) is 0 Å². The first kappa shape index (κ1) is 9.71. The van der Waals surface area contributed by atoms with Gasteiger partial charge < -0.3 is 4.42 Å². The van der Waals surface area contributed by atoms with Crippen molar-refractivity contribution in [2.45, 2.75) is 0 Å². The number of benzene rings is 1. The standard InChI is InChI=1S/C11H6FN3O2/c12-7-1-2-9-6(3-7)4-10(17-9)11(16)8-5-13-15-14-8/h1-5H,(H,13,14,15). The summed E-state index contributed by atoms with van der Waals surface area (Å²) in [7, 11) is 0. The van der Waals surface area contributed by atoms with Gasteiger partial charge >= 0.3 is 0 Å². The van der Waals surface area contributed by atoms with E-state index in [9.17, 15) is 9.18 Å². The van der Waals surface area contributed by atoms with Crippen LogP contribution in [0.2, 0.25) is 0 Å². The molecule has 0 unspecified atom stereocenters. The van der Waals surface area contributed by atoms with Crippen molar-refractivity contribution in [3.63, 3.8) is 0 Å². The van der Waals surface area contributed by atoms with Crippen LogP contribution in [0.15, 0.2) is 34.9 Å². The van der Waals surface area contributed by atoms with E-state index in [1.165, 1.54) is 30.5 Å². The Hall–Kier alpha value is -2.50. The van der Waals surface area contributed by atoms with Crippen molar-refractivity contribution in [2.24, 2.45) is 0 Å². The van der Waals surface area contributed by atoms with Crippen LogP contribution in [-0.2, 0) is 0 Å². The largest absolute Gasteiger partial charge is 0.453 e. The van der Waals surface area contributed by atoms with Gasteiger partial charge in [0.25, 0.3) is 0 Å². The molecule has 0 saturated heterocycles. The molecule has 1 N–H and O–H groups in total. The zero-order valence-corrected chi connectivity index (χ0v) is 8.48. The molecular formula is C11H6FN3O2. The summed E-state index contributed by atoms with van der Waals surface area (Å²) in [5.41, 5.74) is 0.614. The molecule has 0 radical (unpaired) electrons. The number of nitrogens with one attached hydrogen (secondary N) is 1. The lowest BCUT2D eigenvalue weighted by atomic mass is 10.2.